The van der Waals surface area contributed by atoms with Crippen LogP contribution in [0.15, 0.2) is 45.6 Å². The number of carbonyl (C=O) groups excluding carboxylic acids is 1. The molecule has 1 aliphatic carbocycles. The van der Waals surface area contributed by atoms with Gasteiger partial charge in [-0.15, -0.1) is 0 Å². The number of amides is 1. The van der Waals surface area contributed by atoms with Gasteiger partial charge in [-0.3, -0.25) is 4.79 Å². The number of aryl methyl sites for hydroxylation is 3. The molecule has 5 heteroatoms. The van der Waals surface area contributed by atoms with Gasteiger partial charge in [-0.05, 0) is 68.0 Å². The maximum atomic E-state index is 12.2. The van der Waals surface area contributed by atoms with Gasteiger partial charge >= 0.3 is 5.63 Å². The van der Waals surface area contributed by atoms with Crippen LogP contribution in [0.1, 0.15) is 28.7 Å². The molecule has 5 nitrogen and oxygen atoms in total. The van der Waals surface area contributed by atoms with Crippen molar-refractivity contribution in [3.05, 3.63) is 69.1 Å². The fourth-order valence-electron chi connectivity index (χ4n) is 3.56. The van der Waals surface area contributed by atoms with Crippen molar-refractivity contribution in [1.82, 2.24) is 0 Å². The van der Waals surface area contributed by atoms with Crippen LogP contribution in [0.2, 0.25) is 0 Å². The van der Waals surface area contributed by atoms with Crippen LogP contribution in [0.5, 0.6) is 5.75 Å². The minimum atomic E-state index is -0.264. The number of hydrogen-bond acceptors (Lipinski definition) is 4. The first-order chi connectivity index (χ1) is 13.0. The number of rotatable bonds is 4. The number of ether oxygens (including phenoxy) is 1. The van der Waals surface area contributed by atoms with Crippen molar-refractivity contribution in [2.75, 3.05) is 11.9 Å². The first kappa shape index (κ1) is 17.3. The molecule has 1 aliphatic rings. The van der Waals surface area contributed by atoms with E-state index in [-0.39, 0.29) is 18.1 Å². The number of fused-ring (bicyclic) bond motifs is 3. The van der Waals surface area contributed by atoms with Gasteiger partial charge in [0.2, 0.25) is 0 Å². The Bertz CT molecular complexity index is 1100. The lowest BCUT2D eigenvalue weighted by atomic mass is 10.1. The minimum Gasteiger partial charge on any atom is -0.484 e. The van der Waals surface area contributed by atoms with E-state index in [1.807, 2.05) is 44.2 Å². The summed E-state index contributed by atoms with van der Waals surface area (Å²) in [6.45, 7) is 3.80. The molecule has 0 unspecified atom stereocenters. The lowest BCUT2D eigenvalue weighted by Crippen LogP contribution is -2.20. The second kappa shape index (κ2) is 6.91. The summed E-state index contributed by atoms with van der Waals surface area (Å²) in [5.74, 6) is 0.263. The van der Waals surface area contributed by atoms with E-state index in [9.17, 15) is 9.59 Å². The van der Waals surface area contributed by atoms with E-state index >= 15 is 0 Å². The van der Waals surface area contributed by atoms with Gasteiger partial charge in [0.25, 0.3) is 5.91 Å². The molecule has 0 aliphatic heterocycles. The van der Waals surface area contributed by atoms with Gasteiger partial charge < -0.3 is 14.5 Å². The molecule has 3 aromatic rings. The van der Waals surface area contributed by atoms with Gasteiger partial charge in [0.05, 0.1) is 0 Å². The fourth-order valence-corrected chi connectivity index (χ4v) is 3.56. The van der Waals surface area contributed by atoms with Crippen LogP contribution in [0, 0.1) is 13.8 Å². The molecule has 138 valence electrons. The molecule has 1 heterocycles. The summed E-state index contributed by atoms with van der Waals surface area (Å²) < 4.78 is 11.0. The van der Waals surface area contributed by atoms with Crippen LogP contribution in [0.4, 0.5) is 5.69 Å². The predicted molar refractivity (Wildman–Crippen MR) is 105 cm³/mol. The van der Waals surface area contributed by atoms with Gasteiger partial charge in [0, 0.05) is 22.7 Å². The summed E-state index contributed by atoms with van der Waals surface area (Å²) in [6, 6.07) is 11.3. The van der Waals surface area contributed by atoms with Crippen LogP contribution in [-0.4, -0.2) is 12.5 Å². The SMILES string of the molecule is Cc1ccc(C)c(NC(=O)COc2ccc3c4c(c(=O)oc3c2)CCC4)c1. The van der Waals surface area contributed by atoms with Crippen LogP contribution >= 0.6 is 0 Å². The first-order valence-corrected chi connectivity index (χ1v) is 9.10. The quantitative estimate of drug-likeness (QED) is 0.714. The molecule has 0 saturated heterocycles. The Kier molecular flexibility index (Phi) is 4.44. The average Bonchev–Trinajstić information content (AvgIpc) is 3.13. The van der Waals surface area contributed by atoms with E-state index in [1.165, 1.54) is 0 Å². The van der Waals surface area contributed by atoms with Crippen LogP contribution < -0.4 is 15.7 Å². The Labute approximate surface area is 157 Å². The fraction of sp³-hybridized carbons (Fsp3) is 0.273. The van der Waals surface area contributed by atoms with E-state index in [2.05, 4.69) is 5.32 Å². The molecule has 0 spiro atoms. The Hall–Kier alpha value is -3.08. The number of benzene rings is 2. The molecular weight excluding hydrogens is 342 g/mol. The summed E-state index contributed by atoms with van der Waals surface area (Å²) in [7, 11) is 0. The molecular formula is C22H21NO4. The molecule has 1 aromatic heterocycles. The predicted octanol–water partition coefficient (Wildman–Crippen LogP) is 3.92. The third-order valence-electron chi connectivity index (χ3n) is 4.98. The van der Waals surface area contributed by atoms with E-state index in [0.717, 1.165) is 52.6 Å². The van der Waals surface area contributed by atoms with Crippen molar-refractivity contribution in [1.29, 1.82) is 0 Å². The van der Waals surface area contributed by atoms with Gasteiger partial charge in [0.15, 0.2) is 6.61 Å². The standard InChI is InChI=1S/C22H21NO4/c1-13-6-7-14(2)19(10-13)23-21(24)12-26-15-8-9-17-16-4-3-5-18(16)22(25)27-20(17)11-15/h6-11H,3-5,12H2,1-2H3,(H,23,24). The van der Waals surface area contributed by atoms with Gasteiger partial charge in [-0.25, -0.2) is 4.79 Å². The van der Waals surface area contributed by atoms with Gasteiger partial charge in [0.1, 0.15) is 11.3 Å². The second-order valence-electron chi connectivity index (χ2n) is 7.01. The summed E-state index contributed by atoms with van der Waals surface area (Å²) in [6.07, 6.45) is 2.66. The van der Waals surface area contributed by atoms with Crippen LogP contribution in [0.25, 0.3) is 11.0 Å². The zero-order chi connectivity index (χ0) is 19.0. The van der Waals surface area contributed by atoms with Gasteiger partial charge in [-0.2, -0.15) is 0 Å². The Balaban J connectivity index is 1.49. The number of carbonyl (C=O) groups is 1. The minimum absolute atomic E-state index is 0.117. The Morgan fingerprint density at radius 1 is 1.11 bits per heavy atom. The zero-order valence-electron chi connectivity index (χ0n) is 15.4. The average molecular weight is 363 g/mol. The van der Waals surface area contributed by atoms with Crippen molar-refractivity contribution in [2.45, 2.75) is 33.1 Å². The summed E-state index contributed by atoms with van der Waals surface area (Å²) in [4.78, 5) is 24.3. The van der Waals surface area contributed by atoms with E-state index in [0.29, 0.717) is 11.3 Å². The Morgan fingerprint density at radius 3 is 2.78 bits per heavy atom. The van der Waals surface area contributed by atoms with E-state index in [4.69, 9.17) is 9.15 Å². The topological polar surface area (TPSA) is 68.5 Å². The summed E-state index contributed by atoms with van der Waals surface area (Å²) in [5, 5.41) is 3.82. The lowest BCUT2D eigenvalue weighted by molar-refractivity contribution is -0.118. The molecule has 27 heavy (non-hydrogen) atoms. The largest absolute Gasteiger partial charge is 0.484 e. The summed E-state index contributed by atoms with van der Waals surface area (Å²) >= 11 is 0. The normalized spacial score (nSPS) is 12.8. The van der Waals surface area contributed by atoms with Crippen molar-refractivity contribution >= 4 is 22.6 Å². The highest BCUT2D eigenvalue weighted by molar-refractivity contribution is 5.92. The summed E-state index contributed by atoms with van der Waals surface area (Å²) in [5.41, 5.74) is 4.98. The molecule has 0 fully saturated rings. The monoisotopic (exact) mass is 363 g/mol. The van der Waals surface area contributed by atoms with Crippen molar-refractivity contribution in [3.8, 4) is 5.75 Å². The number of anilines is 1. The van der Waals surface area contributed by atoms with Crippen molar-refractivity contribution < 1.29 is 13.9 Å². The molecule has 0 atom stereocenters. The highest BCUT2D eigenvalue weighted by Crippen LogP contribution is 2.29. The molecule has 4 rings (SSSR count). The highest BCUT2D eigenvalue weighted by atomic mass is 16.5. The lowest BCUT2D eigenvalue weighted by Gasteiger charge is -2.11. The zero-order valence-corrected chi connectivity index (χ0v) is 15.4. The molecule has 0 bridgehead atoms. The maximum Gasteiger partial charge on any atom is 0.339 e. The Morgan fingerprint density at radius 2 is 1.93 bits per heavy atom. The maximum absolute atomic E-state index is 12.2. The van der Waals surface area contributed by atoms with Crippen LogP contribution in [0.3, 0.4) is 0 Å². The van der Waals surface area contributed by atoms with Crippen molar-refractivity contribution in [3.63, 3.8) is 0 Å². The third-order valence-corrected chi connectivity index (χ3v) is 4.98. The molecule has 0 radical (unpaired) electrons. The highest BCUT2D eigenvalue weighted by Gasteiger charge is 2.19. The molecule has 1 N–H and O–H groups in total. The molecule has 0 saturated carbocycles. The second-order valence-corrected chi connectivity index (χ2v) is 7.01. The van der Waals surface area contributed by atoms with E-state index in [1.54, 1.807) is 6.07 Å². The van der Waals surface area contributed by atoms with E-state index < -0.39 is 0 Å². The molecule has 2 aromatic carbocycles. The third kappa shape index (κ3) is 3.45. The van der Waals surface area contributed by atoms with Gasteiger partial charge in [-0.1, -0.05) is 12.1 Å². The van der Waals surface area contributed by atoms with Crippen molar-refractivity contribution in [2.24, 2.45) is 0 Å². The van der Waals surface area contributed by atoms with Crippen LogP contribution in [-0.2, 0) is 17.6 Å². The number of hydrogen-bond donors (Lipinski definition) is 1. The smallest absolute Gasteiger partial charge is 0.339 e. The number of nitrogens with one attached hydrogen (secondary N) is 1. The first-order valence-electron chi connectivity index (χ1n) is 9.10. The molecule has 1 amide bonds.